The maximum Gasteiger partial charge on any atom is 0.244 e. The van der Waals surface area contributed by atoms with Crippen LogP contribution < -0.4 is 5.32 Å². The van der Waals surface area contributed by atoms with E-state index in [0.717, 1.165) is 37.3 Å². The quantitative estimate of drug-likeness (QED) is 0.924. The van der Waals surface area contributed by atoms with Crippen LogP contribution in [0.3, 0.4) is 0 Å². The molecule has 0 radical (unpaired) electrons. The Labute approximate surface area is 124 Å². The molecule has 21 heavy (non-hydrogen) atoms. The first-order valence-electron chi connectivity index (χ1n) is 8.02. The molecule has 1 amide bonds. The number of amides is 1. The zero-order valence-electron chi connectivity index (χ0n) is 12.1. The summed E-state index contributed by atoms with van der Waals surface area (Å²) in [6, 6.07) is 6.62. The van der Waals surface area contributed by atoms with Gasteiger partial charge in [-0.3, -0.25) is 10.1 Å². The summed E-state index contributed by atoms with van der Waals surface area (Å²) in [5.74, 6) is 0.759. The lowest BCUT2D eigenvalue weighted by Crippen LogP contribution is -2.34. The van der Waals surface area contributed by atoms with Gasteiger partial charge in [0.25, 0.3) is 0 Å². The number of benzene rings is 1. The predicted molar refractivity (Wildman–Crippen MR) is 77.9 cm³/mol. The lowest BCUT2D eigenvalue weighted by atomic mass is 9.83. The minimum absolute atomic E-state index is 0.157. The van der Waals surface area contributed by atoms with E-state index in [4.69, 9.17) is 0 Å². The minimum Gasteiger partial charge on any atom is -0.321 e. The van der Waals surface area contributed by atoms with Crippen molar-refractivity contribution in [2.45, 2.75) is 50.2 Å². The van der Waals surface area contributed by atoms with Crippen molar-refractivity contribution in [1.29, 1.82) is 0 Å². The van der Waals surface area contributed by atoms with E-state index in [1.165, 1.54) is 25.3 Å². The number of nitrogens with one attached hydrogen (secondary N) is 1. The van der Waals surface area contributed by atoms with Crippen molar-refractivity contribution in [3.8, 4) is 0 Å². The van der Waals surface area contributed by atoms with E-state index < -0.39 is 0 Å². The Morgan fingerprint density at radius 2 is 2.14 bits per heavy atom. The van der Waals surface area contributed by atoms with E-state index in [1.807, 2.05) is 11.0 Å². The Balaban J connectivity index is 1.55. The van der Waals surface area contributed by atoms with Crippen LogP contribution in [0.5, 0.6) is 0 Å². The van der Waals surface area contributed by atoms with E-state index in [2.05, 4.69) is 5.32 Å². The first-order valence-corrected chi connectivity index (χ1v) is 8.02. The number of halogens is 1. The molecule has 1 heterocycles. The Morgan fingerprint density at radius 3 is 2.76 bits per heavy atom. The molecule has 0 bridgehead atoms. The van der Waals surface area contributed by atoms with Crippen molar-refractivity contribution < 1.29 is 9.18 Å². The lowest BCUT2D eigenvalue weighted by Gasteiger charge is -2.30. The monoisotopic (exact) mass is 288 g/mol. The van der Waals surface area contributed by atoms with Crippen LogP contribution in [0.15, 0.2) is 24.3 Å². The number of carbonyl (C=O) groups is 1. The maximum absolute atomic E-state index is 13.5. The van der Waals surface area contributed by atoms with Crippen LogP contribution >= 0.6 is 0 Å². The van der Waals surface area contributed by atoms with Gasteiger partial charge < -0.3 is 4.90 Å². The summed E-state index contributed by atoms with van der Waals surface area (Å²) < 4.78 is 13.5. The SMILES string of the molecule is O=C1N(CCC2CCC2)C(c2cccc(F)c2)NC12CC2. The van der Waals surface area contributed by atoms with Gasteiger partial charge in [-0.2, -0.15) is 0 Å². The first-order chi connectivity index (χ1) is 10.2. The van der Waals surface area contributed by atoms with Crippen molar-refractivity contribution in [2.75, 3.05) is 6.54 Å². The Morgan fingerprint density at radius 1 is 1.33 bits per heavy atom. The highest BCUT2D eigenvalue weighted by molar-refractivity contribution is 5.92. The second-order valence-electron chi connectivity index (χ2n) is 6.77. The number of rotatable bonds is 4. The summed E-state index contributed by atoms with van der Waals surface area (Å²) in [7, 11) is 0. The summed E-state index contributed by atoms with van der Waals surface area (Å²) in [6.07, 6.45) is 6.67. The van der Waals surface area contributed by atoms with Gasteiger partial charge in [-0.25, -0.2) is 4.39 Å². The topological polar surface area (TPSA) is 32.3 Å². The van der Waals surface area contributed by atoms with Crippen LogP contribution in [-0.4, -0.2) is 22.9 Å². The fourth-order valence-electron chi connectivity index (χ4n) is 3.55. The second kappa shape index (κ2) is 4.80. The molecule has 1 spiro atoms. The molecule has 1 N–H and O–H groups in total. The Bertz CT molecular complexity index is 566. The molecule has 1 atom stereocenters. The average Bonchev–Trinajstić information content (AvgIpc) is 3.14. The molecule has 1 aliphatic heterocycles. The third kappa shape index (κ3) is 2.26. The van der Waals surface area contributed by atoms with Crippen molar-refractivity contribution >= 4 is 5.91 Å². The molecule has 4 rings (SSSR count). The average molecular weight is 288 g/mol. The molecule has 3 aliphatic rings. The molecule has 1 unspecified atom stereocenters. The van der Waals surface area contributed by atoms with Crippen molar-refractivity contribution in [2.24, 2.45) is 5.92 Å². The number of carbonyl (C=O) groups excluding carboxylic acids is 1. The minimum atomic E-state index is -0.337. The van der Waals surface area contributed by atoms with Crippen LogP contribution in [-0.2, 0) is 4.79 Å². The second-order valence-corrected chi connectivity index (χ2v) is 6.77. The third-order valence-electron chi connectivity index (χ3n) is 5.31. The van der Waals surface area contributed by atoms with Gasteiger partial charge in [-0.15, -0.1) is 0 Å². The Kier molecular flexibility index (Phi) is 3.03. The highest BCUT2D eigenvalue weighted by Crippen LogP contribution is 2.46. The molecule has 1 saturated heterocycles. The van der Waals surface area contributed by atoms with E-state index in [9.17, 15) is 9.18 Å². The van der Waals surface area contributed by atoms with Crippen LogP contribution in [0.4, 0.5) is 4.39 Å². The predicted octanol–water partition coefficient (Wildman–Crippen LogP) is 2.98. The van der Waals surface area contributed by atoms with Gasteiger partial charge in [-0.05, 0) is 42.9 Å². The zero-order valence-corrected chi connectivity index (χ0v) is 12.1. The van der Waals surface area contributed by atoms with Gasteiger partial charge in [0.2, 0.25) is 5.91 Å². The van der Waals surface area contributed by atoms with Gasteiger partial charge in [0.1, 0.15) is 17.5 Å². The van der Waals surface area contributed by atoms with Crippen molar-refractivity contribution in [3.05, 3.63) is 35.6 Å². The summed E-state index contributed by atoms with van der Waals surface area (Å²) in [5.41, 5.74) is 0.525. The summed E-state index contributed by atoms with van der Waals surface area (Å²) >= 11 is 0. The van der Waals surface area contributed by atoms with Gasteiger partial charge in [-0.1, -0.05) is 31.4 Å². The molecule has 2 saturated carbocycles. The first kappa shape index (κ1) is 13.3. The van der Waals surface area contributed by atoms with Crippen LogP contribution in [0, 0.1) is 11.7 Å². The van der Waals surface area contributed by atoms with E-state index in [-0.39, 0.29) is 23.4 Å². The molecule has 0 aromatic heterocycles. The summed E-state index contributed by atoms with van der Waals surface area (Å²) in [6.45, 7) is 0.791. The smallest absolute Gasteiger partial charge is 0.244 e. The van der Waals surface area contributed by atoms with Gasteiger partial charge in [0.15, 0.2) is 0 Å². The molecule has 3 fully saturated rings. The molecule has 4 heteroatoms. The highest BCUT2D eigenvalue weighted by Gasteiger charge is 2.59. The molecule has 1 aromatic rings. The fourth-order valence-corrected chi connectivity index (χ4v) is 3.55. The standard InChI is InChI=1S/C17H21FN2O/c18-14-6-2-5-13(11-14)15-19-17(8-9-17)16(21)20(15)10-7-12-3-1-4-12/h2,5-6,11-12,15,19H,1,3-4,7-10H2. The van der Waals surface area contributed by atoms with Gasteiger partial charge in [0, 0.05) is 6.54 Å². The van der Waals surface area contributed by atoms with Crippen molar-refractivity contribution in [1.82, 2.24) is 10.2 Å². The highest BCUT2D eigenvalue weighted by atomic mass is 19.1. The van der Waals surface area contributed by atoms with Gasteiger partial charge in [0.05, 0.1) is 0 Å². The number of hydrogen-bond donors (Lipinski definition) is 1. The molecular weight excluding hydrogens is 267 g/mol. The normalized spacial score (nSPS) is 27.2. The largest absolute Gasteiger partial charge is 0.321 e. The summed E-state index contributed by atoms with van der Waals surface area (Å²) in [5, 5.41) is 3.45. The van der Waals surface area contributed by atoms with E-state index in [1.54, 1.807) is 12.1 Å². The molecule has 2 aliphatic carbocycles. The number of hydrogen-bond acceptors (Lipinski definition) is 2. The Hall–Kier alpha value is -1.42. The van der Waals surface area contributed by atoms with E-state index >= 15 is 0 Å². The van der Waals surface area contributed by atoms with Crippen molar-refractivity contribution in [3.63, 3.8) is 0 Å². The van der Waals surface area contributed by atoms with Crippen LogP contribution in [0.1, 0.15) is 50.3 Å². The third-order valence-corrected chi connectivity index (χ3v) is 5.31. The lowest BCUT2D eigenvalue weighted by molar-refractivity contribution is -0.131. The molecular formula is C17H21FN2O. The zero-order chi connectivity index (χ0) is 14.4. The number of nitrogens with zero attached hydrogens (tertiary/aromatic N) is 1. The maximum atomic E-state index is 13.5. The molecule has 3 nitrogen and oxygen atoms in total. The molecule has 112 valence electrons. The van der Waals surface area contributed by atoms with Gasteiger partial charge >= 0.3 is 0 Å². The molecule has 1 aromatic carbocycles. The van der Waals surface area contributed by atoms with E-state index in [0.29, 0.717) is 0 Å². The fraction of sp³-hybridized carbons (Fsp3) is 0.588. The summed E-state index contributed by atoms with van der Waals surface area (Å²) in [4.78, 5) is 14.6. The van der Waals surface area contributed by atoms with Crippen LogP contribution in [0.25, 0.3) is 0 Å². The van der Waals surface area contributed by atoms with Crippen LogP contribution in [0.2, 0.25) is 0 Å².